The largest absolute Gasteiger partial charge is 0.480 e. The van der Waals surface area contributed by atoms with Crippen LogP contribution in [0.5, 0.6) is 0 Å². The van der Waals surface area contributed by atoms with E-state index < -0.39 is 16.8 Å². The van der Waals surface area contributed by atoms with Crippen LogP contribution in [0.1, 0.15) is 34.1 Å². The van der Waals surface area contributed by atoms with E-state index in [1.54, 1.807) is 4.90 Å². The maximum Gasteiger partial charge on any atom is 0.327 e. The van der Waals surface area contributed by atoms with Gasteiger partial charge >= 0.3 is 5.97 Å². The Morgan fingerprint density at radius 2 is 2.00 bits per heavy atom. The van der Waals surface area contributed by atoms with Crippen LogP contribution in [0, 0.1) is 5.92 Å². The first kappa shape index (κ1) is 19.4. The second-order valence-electron chi connectivity index (χ2n) is 5.83. The molecule has 2 atom stereocenters. The molecule has 0 radical (unpaired) electrons. The standard InChI is InChI=1S/C14H21NO4S3/c1-8(16)5-10(6-21-9(2)17)12(20)15-7-22-14(3,4)11(15)13(18)19/h10-11H,5-7H2,1-4H3,(H,18,19). The minimum absolute atomic E-state index is 0.0190. The second kappa shape index (κ2) is 7.79. The predicted molar refractivity (Wildman–Crippen MR) is 94.3 cm³/mol. The van der Waals surface area contributed by atoms with Crippen LogP contribution < -0.4 is 0 Å². The van der Waals surface area contributed by atoms with Crippen LogP contribution in [0.15, 0.2) is 0 Å². The van der Waals surface area contributed by atoms with Crippen molar-refractivity contribution >= 4 is 57.6 Å². The number of carboxylic acids is 1. The summed E-state index contributed by atoms with van der Waals surface area (Å²) in [6.07, 6.45) is 0.229. The van der Waals surface area contributed by atoms with Gasteiger partial charge in [-0.1, -0.05) is 24.0 Å². The van der Waals surface area contributed by atoms with Gasteiger partial charge in [-0.15, -0.1) is 11.8 Å². The van der Waals surface area contributed by atoms with Crippen molar-refractivity contribution in [2.24, 2.45) is 5.92 Å². The zero-order chi connectivity index (χ0) is 17.1. The maximum absolute atomic E-state index is 11.6. The first-order valence-electron chi connectivity index (χ1n) is 6.86. The average Bonchev–Trinajstić information content (AvgIpc) is 2.68. The quantitative estimate of drug-likeness (QED) is 0.721. The fourth-order valence-corrected chi connectivity index (χ4v) is 4.78. The van der Waals surface area contributed by atoms with Crippen LogP contribution >= 0.6 is 35.7 Å². The molecule has 0 amide bonds. The van der Waals surface area contributed by atoms with E-state index in [9.17, 15) is 19.5 Å². The van der Waals surface area contributed by atoms with E-state index >= 15 is 0 Å². The number of thiocarbonyl (C=S) groups is 1. The highest BCUT2D eigenvalue weighted by atomic mass is 32.2. The third-order valence-corrected chi connectivity index (χ3v) is 6.35. The molecule has 1 rings (SSSR count). The Morgan fingerprint density at radius 3 is 2.45 bits per heavy atom. The Hall–Kier alpha value is -0.600. The molecule has 0 saturated carbocycles. The summed E-state index contributed by atoms with van der Waals surface area (Å²) in [5.74, 6) is -0.339. The summed E-state index contributed by atoms with van der Waals surface area (Å²) in [4.78, 5) is 36.4. The summed E-state index contributed by atoms with van der Waals surface area (Å²) in [5.41, 5.74) is 0. The summed E-state index contributed by atoms with van der Waals surface area (Å²) in [5, 5.41) is 9.47. The number of carboxylic acid groups (broad SMARTS) is 1. The highest BCUT2D eigenvalue weighted by Crippen LogP contribution is 2.40. The average molecular weight is 364 g/mol. The Balaban J connectivity index is 2.94. The van der Waals surface area contributed by atoms with Gasteiger partial charge in [0.05, 0.1) is 10.9 Å². The lowest BCUT2D eigenvalue weighted by atomic mass is 9.99. The third-order valence-electron chi connectivity index (χ3n) is 3.43. The van der Waals surface area contributed by atoms with Crippen LogP contribution in [0.3, 0.4) is 0 Å². The van der Waals surface area contributed by atoms with E-state index in [2.05, 4.69) is 0 Å². The fraction of sp³-hybridized carbons (Fsp3) is 0.714. The number of carbonyl (C=O) groups excluding carboxylic acids is 2. The van der Waals surface area contributed by atoms with Gasteiger partial charge in [-0.2, -0.15) is 0 Å². The molecule has 1 aliphatic rings. The molecule has 1 N–H and O–H groups in total. The van der Waals surface area contributed by atoms with Crippen molar-refractivity contribution in [3.05, 3.63) is 0 Å². The number of ketones is 1. The van der Waals surface area contributed by atoms with Crippen molar-refractivity contribution in [1.29, 1.82) is 0 Å². The summed E-state index contributed by atoms with van der Waals surface area (Å²) in [6, 6.07) is -0.721. The first-order valence-corrected chi connectivity index (χ1v) is 9.24. The predicted octanol–water partition coefficient (Wildman–Crippen LogP) is 2.43. The molecule has 5 nitrogen and oxygen atoms in total. The lowest BCUT2D eigenvalue weighted by Gasteiger charge is -2.32. The van der Waals surface area contributed by atoms with Crippen LogP contribution in [-0.2, 0) is 14.4 Å². The Bertz CT molecular complexity index is 492. The van der Waals surface area contributed by atoms with E-state index in [1.165, 1.54) is 25.6 Å². The van der Waals surface area contributed by atoms with Gasteiger partial charge in [0, 0.05) is 29.8 Å². The SMILES string of the molecule is CC(=O)CC(CSC(C)=O)C(=S)N1CSC(C)(C)C1C(=O)O. The van der Waals surface area contributed by atoms with E-state index in [-0.39, 0.29) is 23.2 Å². The molecular weight excluding hydrogens is 342 g/mol. The van der Waals surface area contributed by atoms with Crippen LogP contribution in [0.2, 0.25) is 0 Å². The summed E-state index contributed by atoms with van der Waals surface area (Å²) < 4.78 is -0.454. The molecule has 0 aromatic carbocycles. The van der Waals surface area contributed by atoms with E-state index in [4.69, 9.17) is 12.2 Å². The summed E-state index contributed by atoms with van der Waals surface area (Å²) in [7, 11) is 0. The highest BCUT2D eigenvalue weighted by molar-refractivity contribution is 8.13. The van der Waals surface area contributed by atoms with E-state index in [0.29, 0.717) is 16.6 Å². The topological polar surface area (TPSA) is 74.7 Å². The number of thioether (sulfide) groups is 2. The molecule has 124 valence electrons. The molecule has 1 heterocycles. The molecule has 0 aliphatic carbocycles. The van der Waals surface area contributed by atoms with Crippen molar-refractivity contribution < 1.29 is 19.5 Å². The second-order valence-corrected chi connectivity index (χ2v) is 9.05. The fourth-order valence-electron chi connectivity index (χ4n) is 2.40. The van der Waals surface area contributed by atoms with Gasteiger partial charge in [0.1, 0.15) is 11.8 Å². The monoisotopic (exact) mass is 363 g/mol. The molecule has 1 saturated heterocycles. The van der Waals surface area contributed by atoms with Crippen LogP contribution in [0.4, 0.5) is 0 Å². The van der Waals surface area contributed by atoms with Gasteiger partial charge in [0.25, 0.3) is 0 Å². The Labute approximate surface area is 144 Å². The van der Waals surface area contributed by atoms with Crippen molar-refractivity contribution in [1.82, 2.24) is 4.90 Å². The van der Waals surface area contributed by atoms with Crippen LogP contribution in [0.25, 0.3) is 0 Å². The molecule has 1 fully saturated rings. The number of rotatable bonds is 6. The zero-order valence-electron chi connectivity index (χ0n) is 13.1. The van der Waals surface area contributed by atoms with Gasteiger partial charge in [-0.3, -0.25) is 4.79 Å². The molecule has 8 heteroatoms. The van der Waals surface area contributed by atoms with Crippen LogP contribution in [-0.4, -0.2) is 54.3 Å². The van der Waals surface area contributed by atoms with Crippen molar-refractivity contribution in [3.8, 4) is 0 Å². The van der Waals surface area contributed by atoms with Crippen molar-refractivity contribution in [2.75, 3.05) is 11.6 Å². The molecule has 0 spiro atoms. The zero-order valence-corrected chi connectivity index (χ0v) is 15.6. The number of nitrogens with zero attached hydrogens (tertiary/aromatic N) is 1. The van der Waals surface area contributed by atoms with E-state index in [0.717, 1.165) is 11.8 Å². The minimum Gasteiger partial charge on any atom is -0.480 e. The van der Waals surface area contributed by atoms with Gasteiger partial charge in [-0.05, 0) is 20.8 Å². The van der Waals surface area contributed by atoms with E-state index in [1.807, 2.05) is 13.8 Å². The van der Waals surface area contributed by atoms with Crippen molar-refractivity contribution in [3.63, 3.8) is 0 Å². The van der Waals surface area contributed by atoms with Gasteiger partial charge in [-0.25, -0.2) is 4.79 Å². The molecule has 0 bridgehead atoms. The molecule has 2 unspecified atom stereocenters. The molecular formula is C14H21NO4S3. The number of aliphatic carboxylic acids is 1. The Morgan fingerprint density at radius 1 is 1.41 bits per heavy atom. The molecule has 0 aromatic heterocycles. The Kier molecular flexibility index (Phi) is 6.88. The summed E-state index contributed by atoms with van der Waals surface area (Å²) in [6.45, 7) is 6.70. The number of hydrogen-bond acceptors (Lipinski definition) is 6. The first-order chi connectivity index (χ1) is 10.1. The number of Topliss-reactive ketones (excluding diaryl/α,β-unsaturated/α-hetero) is 1. The minimum atomic E-state index is -0.918. The van der Waals surface area contributed by atoms with Gasteiger partial charge in [0.15, 0.2) is 5.12 Å². The lowest BCUT2D eigenvalue weighted by molar-refractivity contribution is -0.142. The smallest absolute Gasteiger partial charge is 0.327 e. The van der Waals surface area contributed by atoms with Gasteiger partial charge < -0.3 is 14.8 Å². The lowest BCUT2D eigenvalue weighted by Crippen LogP contribution is -2.50. The maximum atomic E-state index is 11.6. The molecule has 0 aromatic rings. The normalized spacial score (nSPS) is 21.5. The molecule has 22 heavy (non-hydrogen) atoms. The van der Waals surface area contributed by atoms with Crippen molar-refractivity contribution in [2.45, 2.75) is 44.9 Å². The number of carbonyl (C=O) groups is 3. The highest BCUT2D eigenvalue weighted by Gasteiger charge is 2.47. The summed E-state index contributed by atoms with van der Waals surface area (Å²) >= 11 is 8.13. The third kappa shape index (κ3) is 4.96. The number of hydrogen-bond donors (Lipinski definition) is 1. The molecule has 1 aliphatic heterocycles. The van der Waals surface area contributed by atoms with Gasteiger partial charge in [0.2, 0.25) is 0 Å².